The number of benzene rings is 2. The Kier molecular flexibility index (Phi) is 6.79. The molecule has 0 bridgehead atoms. The molecule has 1 amide bonds. The number of rotatable bonds is 4. The first-order chi connectivity index (χ1) is 13.7. The zero-order valence-electron chi connectivity index (χ0n) is 14.9. The summed E-state index contributed by atoms with van der Waals surface area (Å²) in [6.45, 7) is -0.0344. The van der Waals surface area contributed by atoms with Crippen LogP contribution in [0.25, 0.3) is 0 Å². The number of thioether (sulfide) groups is 1. The van der Waals surface area contributed by atoms with Crippen molar-refractivity contribution in [2.75, 3.05) is 24.2 Å². The number of halogens is 3. The molecule has 1 saturated heterocycles. The summed E-state index contributed by atoms with van der Waals surface area (Å²) in [6, 6.07) is 6.53. The maximum Gasteiger partial charge on any atom is 0.255 e. The first-order valence-electron chi connectivity index (χ1n) is 8.54. The predicted octanol–water partition coefficient (Wildman–Crippen LogP) is 3.32. The molecule has 1 atom stereocenters. The summed E-state index contributed by atoms with van der Waals surface area (Å²) in [7, 11) is -4.26. The van der Waals surface area contributed by atoms with Gasteiger partial charge in [0.15, 0.2) is 0 Å². The van der Waals surface area contributed by atoms with E-state index >= 15 is 0 Å². The fourth-order valence-electron chi connectivity index (χ4n) is 2.76. The zero-order valence-corrected chi connectivity index (χ0v) is 17.3. The third-order valence-corrected chi connectivity index (χ3v) is 7.44. The Morgan fingerprint density at radius 2 is 1.93 bits per heavy atom. The number of sulfonamides is 1. The maximum absolute atomic E-state index is 14.3. The Labute approximate surface area is 175 Å². The summed E-state index contributed by atoms with van der Waals surface area (Å²) in [5, 5.41) is 12.1. The van der Waals surface area contributed by atoms with Crippen molar-refractivity contribution in [1.29, 1.82) is 0 Å². The topological polar surface area (TPSA) is 86.7 Å². The van der Waals surface area contributed by atoms with Crippen LogP contribution in [0.2, 0.25) is 5.02 Å². The van der Waals surface area contributed by atoms with Crippen molar-refractivity contribution >= 4 is 45.0 Å². The van der Waals surface area contributed by atoms with Gasteiger partial charge >= 0.3 is 0 Å². The number of nitrogens with one attached hydrogen (secondary N) is 1. The number of nitrogens with zero attached hydrogens (tertiary/aromatic N) is 1. The van der Waals surface area contributed by atoms with Gasteiger partial charge in [-0.25, -0.2) is 17.2 Å². The summed E-state index contributed by atoms with van der Waals surface area (Å²) < 4.78 is 54.4. The van der Waals surface area contributed by atoms with Gasteiger partial charge in [-0.15, -0.1) is 11.8 Å². The fourth-order valence-corrected chi connectivity index (χ4v) is 5.46. The molecule has 2 aromatic carbocycles. The van der Waals surface area contributed by atoms with Crippen LogP contribution in [0.1, 0.15) is 16.8 Å². The minimum absolute atomic E-state index is 0.102. The van der Waals surface area contributed by atoms with E-state index in [1.807, 2.05) is 0 Å². The van der Waals surface area contributed by atoms with E-state index in [1.54, 1.807) is 0 Å². The lowest BCUT2D eigenvalue weighted by Gasteiger charge is -2.22. The number of carbonyl (C=O) groups excluding carboxylic acids is 1. The molecule has 11 heteroatoms. The number of carbonyl (C=O) groups is 1. The second-order valence-electron chi connectivity index (χ2n) is 6.27. The first kappa shape index (κ1) is 22.0. The van der Waals surface area contributed by atoms with Gasteiger partial charge in [-0.1, -0.05) is 11.6 Å². The highest BCUT2D eigenvalue weighted by atomic mass is 35.5. The normalized spacial score (nSPS) is 18.3. The third-order valence-electron chi connectivity index (χ3n) is 4.21. The predicted molar refractivity (Wildman–Crippen MR) is 108 cm³/mol. The monoisotopic (exact) mass is 462 g/mol. The van der Waals surface area contributed by atoms with E-state index in [0.717, 1.165) is 28.6 Å². The smallest absolute Gasteiger partial charge is 0.255 e. The van der Waals surface area contributed by atoms with E-state index < -0.39 is 37.9 Å². The molecule has 6 nitrogen and oxygen atoms in total. The van der Waals surface area contributed by atoms with Gasteiger partial charge in [0.25, 0.3) is 5.91 Å². The minimum atomic E-state index is -4.26. The zero-order chi connectivity index (χ0) is 21.2. The van der Waals surface area contributed by atoms with E-state index in [2.05, 4.69) is 5.32 Å². The van der Waals surface area contributed by atoms with Crippen molar-refractivity contribution in [3.05, 3.63) is 58.6 Å². The fraction of sp³-hybridized carbons (Fsp3) is 0.278. The number of hydrogen-bond donors (Lipinski definition) is 2. The van der Waals surface area contributed by atoms with Crippen molar-refractivity contribution in [2.45, 2.75) is 16.8 Å². The van der Waals surface area contributed by atoms with Gasteiger partial charge in [0.2, 0.25) is 10.0 Å². The van der Waals surface area contributed by atoms with Crippen LogP contribution in [0.4, 0.5) is 14.5 Å². The molecule has 0 aromatic heterocycles. The number of amides is 1. The van der Waals surface area contributed by atoms with Crippen molar-refractivity contribution in [2.24, 2.45) is 0 Å². The van der Waals surface area contributed by atoms with Crippen LogP contribution in [-0.4, -0.2) is 48.0 Å². The molecule has 1 aliphatic rings. The van der Waals surface area contributed by atoms with Crippen LogP contribution in [0, 0.1) is 11.6 Å². The number of aliphatic hydroxyl groups excluding tert-OH is 1. The van der Waals surface area contributed by atoms with E-state index in [0.29, 0.717) is 12.2 Å². The number of β-amino-alcohol motifs (C(OH)–C–C–N with tert-alkyl or cyclic N) is 1. The summed E-state index contributed by atoms with van der Waals surface area (Å²) in [6.07, 6.45) is 0.508. The number of aliphatic hydroxyl groups is 1. The molecule has 1 fully saturated rings. The molecule has 3 rings (SSSR count). The van der Waals surface area contributed by atoms with Crippen LogP contribution >= 0.6 is 23.4 Å². The molecule has 29 heavy (non-hydrogen) atoms. The molecule has 156 valence electrons. The second-order valence-corrected chi connectivity index (χ2v) is 9.87. The van der Waals surface area contributed by atoms with Gasteiger partial charge in [-0.3, -0.25) is 4.79 Å². The molecule has 0 radical (unpaired) electrons. The van der Waals surface area contributed by atoms with Gasteiger partial charge in [0.05, 0.1) is 5.02 Å². The molecule has 0 aliphatic carbocycles. The first-order valence-corrected chi connectivity index (χ1v) is 11.4. The number of anilines is 1. The molecule has 0 spiro atoms. The molecule has 2 aromatic rings. The van der Waals surface area contributed by atoms with E-state index in [4.69, 9.17) is 11.6 Å². The second kappa shape index (κ2) is 8.97. The highest BCUT2D eigenvalue weighted by Gasteiger charge is 2.31. The van der Waals surface area contributed by atoms with E-state index in [1.165, 1.54) is 23.9 Å². The van der Waals surface area contributed by atoms with Crippen LogP contribution in [0.3, 0.4) is 0 Å². The lowest BCUT2D eigenvalue weighted by Crippen LogP contribution is -2.36. The Bertz CT molecular complexity index is 1040. The number of hydrogen-bond acceptors (Lipinski definition) is 5. The van der Waals surface area contributed by atoms with Gasteiger partial charge in [-0.2, -0.15) is 4.31 Å². The van der Waals surface area contributed by atoms with E-state index in [-0.39, 0.29) is 29.4 Å². The van der Waals surface area contributed by atoms with Crippen molar-refractivity contribution in [1.82, 2.24) is 4.31 Å². The molecular weight excluding hydrogens is 446 g/mol. The molecule has 2 N–H and O–H groups in total. The van der Waals surface area contributed by atoms with Gasteiger partial charge in [-0.05, 0) is 48.6 Å². The minimum Gasteiger partial charge on any atom is -0.381 e. The highest BCUT2D eigenvalue weighted by molar-refractivity contribution is 7.99. The van der Waals surface area contributed by atoms with Crippen LogP contribution in [0.5, 0.6) is 0 Å². The lowest BCUT2D eigenvalue weighted by atomic mass is 10.2. The van der Waals surface area contributed by atoms with E-state index in [9.17, 15) is 27.1 Å². The SMILES string of the molecule is O=C(Nc1ccc(F)c(Cl)c1)c1ccc(F)c(S(=O)(=O)N2CCCS[C@H](O)C2)c1. The highest BCUT2D eigenvalue weighted by Crippen LogP contribution is 2.26. The summed E-state index contributed by atoms with van der Waals surface area (Å²) in [5.74, 6) is -1.79. The van der Waals surface area contributed by atoms with Crippen molar-refractivity contribution in [3.8, 4) is 0 Å². The summed E-state index contributed by atoms with van der Waals surface area (Å²) >= 11 is 6.90. The maximum atomic E-state index is 14.3. The molecule has 0 saturated carbocycles. The quantitative estimate of drug-likeness (QED) is 0.728. The van der Waals surface area contributed by atoms with Gasteiger partial charge in [0, 0.05) is 24.3 Å². The standard InChI is InChI=1S/C18H17ClF2N2O4S2/c19-13-9-12(3-5-14(13)20)22-18(25)11-2-4-15(21)16(8-11)29(26,27)23-6-1-7-28-17(24)10-23/h2-5,8-9,17,24H,1,6-7,10H2,(H,22,25)/t17-/m0/s1. The Morgan fingerprint density at radius 3 is 2.66 bits per heavy atom. The average molecular weight is 463 g/mol. The van der Waals surface area contributed by atoms with Crippen LogP contribution in [-0.2, 0) is 10.0 Å². The Balaban J connectivity index is 1.88. The van der Waals surface area contributed by atoms with Crippen molar-refractivity contribution < 1.29 is 27.1 Å². The van der Waals surface area contributed by atoms with Gasteiger partial charge in [0.1, 0.15) is 22.0 Å². The van der Waals surface area contributed by atoms with Gasteiger partial charge < -0.3 is 10.4 Å². The molecule has 1 heterocycles. The Morgan fingerprint density at radius 1 is 1.21 bits per heavy atom. The van der Waals surface area contributed by atoms with Crippen LogP contribution < -0.4 is 5.32 Å². The molecule has 1 aliphatic heterocycles. The van der Waals surface area contributed by atoms with Crippen LogP contribution in [0.15, 0.2) is 41.3 Å². The van der Waals surface area contributed by atoms with Crippen molar-refractivity contribution in [3.63, 3.8) is 0 Å². The summed E-state index contributed by atoms with van der Waals surface area (Å²) in [5.41, 5.74) is -0.817. The molecular formula is C18H17ClF2N2O4S2. The summed E-state index contributed by atoms with van der Waals surface area (Å²) in [4.78, 5) is 11.8. The average Bonchev–Trinajstić information content (AvgIpc) is 2.90. The Hall–Kier alpha value is -1.72. The third kappa shape index (κ3) is 5.07. The lowest BCUT2D eigenvalue weighted by molar-refractivity contribution is 0.102. The molecule has 0 unspecified atom stereocenters. The largest absolute Gasteiger partial charge is 0.381 e.